The molecule has 0 saturated heterocycles. The minimum Gasteiger partial charge on any atom is -0.207 e. The van der Waals surface area contributed by atoms with Crippen LogP contribution in [0.2, 0.25) is 0 Å². The Morgan fingerprint density at radius 2 is 1.79 bits per heavy atom. The molecule has 0 unspecified atom stereocenters. The Kier molecular flexibility index (Phi) is 5.07. The fraction of sp³-hybridized carbons (Fsp3) is 0.400. The van der Waals surface area contributed by atoms with Gasteiger partial charge >= 0.3 is 0 Å². The molecule has 1 N–H and O–H groups in total. The number of rotatable bonds is 6. The van der Waals surface area contributed by atoms with Crippen LogP contribution in [0.5, 0.6) is 0 Å². The maximum atomic E-state index is 12.8. The number of sulfonamides is 1. The van der Waals surface area contributed by atoms with Gasteiger partial charge in [-0.05, 0) is 43.0 Å². The number of unbranched alkanes of at least 4 members (excludes halogenated alkanes) is 1. The average Bonchev–Trinajstić information content (AvgIpc) is 2.89. The van der Waals surface area contributed by atoms with E-state index in [9.17, 15) is 8.42 Å². The van der Waals surface area contributed by atoms with Crippen molar-refractivity contribution in [3.05, 3.63) is 65.2 Å². The molecule has 0 saturated carbocycles. The second-order valence-corrected chi connectivity index (χ2v) is 8.41. The minimum atomic E-state index is -3.49. The molecular weight excluding hydrogens is 318 g/mol. The van der Waals surface area contributed by atoms with Gasteiger partial charge in [-0.25, -0.2) is 13.1 Å². The van der Waals surface area contributed by atoms with Crippen LogP contribution in [-0.4, -0.2) is 14.5 Å². The zero-order valence-corrected chi connectivity index (χ0v) is 15.1. The Labute approximate surface area is 145 Å². The molecule has 0 radical (unpaired) electrons. The maximum absolute atomic E-state index is 12.8. The van der Waals surface area contributed by atoms with Crippen LogP contribution in [0.3, 0.4) is 0 Å². The molecule has 0 amide bonds. The van der Waals surface area contributed by atoms with Crippen LogP contribution in [0.1, 0.15) is 48.8 Å². The van der Waals surface area contributed by atoms with E-state index in [0.717, 1.165) is 31.2 Å². The van der Waals surface area contributed by atoms with Crippen molar-refractivity contribution in [3.8, 4) is 0 Å². The molecule has 128 valence electrons. The summed E-state index contributed by atoms with van der Waals surface area (Å²) in [5.41, 5.74) is 3.64. The van der Waals surface area contributed by atoms with E-state index in [1.54, 1.807) is 12.1 Å². The van der Waals surface area contributed by atoms with Crippen LogP contribution in [0.25, 0.3) is 0 Å². The van der Waals surface area contributed by atoms with Crippen LogP contribution in [0.15, 0.2) is 53.4 Å². The number of hydrogen-bond donors (Lipinski definition) is 1. The Morgan fingerprint density at radius 3 is 2.50 bits per heavy atom. The van der Waals surface area contributed by atoms with Crippen LogP contribution < -0.4 is 4.72 Å². The summed E-state index contributed by atoms with van der Waals surface area (Å²) in [6.07, 6.45) is 4.03. The predicted octanol–water partition coefficient (Wildman–Crippen LogP) is 4.17. The van der Waals surface area contributed by atoms with Crippen LogP contribution in [0, 0.1) is 6.92 Å². The summed E-state index contributed by atoms with van der Waals surface area (Å²) in [6.45, 7) is 4.13. The van der Waals surface area contributed by atoms with Gasteiger partial charge in [-0.2, -0.15) is 0 Å². The summed E-state index contributed by atoms with van der Waals surface area (Å²) in [6, 6.07) is 15.3. The third kappa shape index (κ3) is 3.55. The van der Waals surface area contributed by atoms with E-state index in [1.807, 2.05) is 25.1 Å². The highest BCUT2D eigenvalue weighted by atomic mass is 32.2. The van der Waals surface area contributed by atoms with Gasteiger partial charge < -0.3 is 0 Å². The molecule has 4 heteroatoms. The maximum Gasteiger partial charge on any atom is 0.240 e. The number of aryl methyl sites for hydroxylation is 1. The van der Waals surface area contributed by atoms with Crippen LogP contribution in [0.4, 0.5) is 0 Å². The fourth-order valence-electron chi connectivity index (χ4n) is 3.57. The van der Waals surface area contributed by atoms with Crippen molar-refractivity contribution < 1.29 is 8.42 Å². The topological polar surface area (TPSA) is 46.2 Å². The van der Waals surface area contributed by atoms with Gasteiger partial charge in [0, 0.05) is 12.0 Å². The zero-order chi connectivity index (χ0) is 17.2. The summed E-state index contributed by atoms with van der Waals surface area (Å²) >= 11 is 0. The van der Waals surface area contributed by atoms with Gasteiger partial charge in [-0.3, -0.25) is 0 Å². The summed E-state index contributed by atoms with van der Waals surface area (Å²) in [5.74, 6) is 0.265. The molecule has 2 aromatic carbocycles. The van der Waals surface area contributed by atoms with Crippen molar-refractivity contribution in [2.24, 2.45) is 0 Å². The summed E-state index contributed by atoms with van der Waals surface area (Å²) in [4.78, 5) is 0.346. The van der Waals surface area contributed by atoms with Crippen LogP contribution in [-0.2, 0) is 16.4 Å². The molecular formula is C20H25NO2S. The lowest BCUT2D eigenvalue weighted by Crippen LogP contribution is -2.37. The summed E-state index contributed by atoms with van der Waals surface area (Å²) < 4.78 is 28.5. The van der Waals surface area contributed by atoms with E-state index in [0.29, 0.717) is 4.90 Å². The molecule has 1 aliphatic carbocycles. The smallest absolute Gasteiger partial charge is 0.207 e. The van der Waals surface area contributed by atoms with E-state index >= 15 is 0 Å². The lowest BCUT2D eigenvalue weighted by Gasteiger charge is -2.22. The van der Waals surface area contributed by atoms with E-state index in [2.05, 4.69) is 29.8 Å². The van der Waals surface area contributed by atoms with Gasteiger partial charge in [0.25, 0.3) is 0 Å². The number of fused-ring (bicyclic) bond motifs is 1. The first-order valence-corrected chi connectivity index (χ1v) is 10.2. The van der Waals surface area contributed by atoms with Gasteiger partial charge in [-0.1, -0.05) is 61.7 Å². The predicted molar refractivity (Wildman–Crippen MR) is 97.7 cm³/mol. The molecule has 2 aromatic rings. The van der Waals surface area contributed by atoms with Gasteiger partial charge in [0.2, 0.25) is 10.0 Å². The average molecular weight is 343 g/mol. The quantitative estimate of drug-likeness (QED) is 0.855. The first-order valence-electron chi connectivity index (χ1n) is 8.68. The normalized spacial score (nSPS) is 20.1. The third-order valence-corrected chi connectivity index (χ3v) is 6.39. The lowest BCUT2D eigenvalue weighted by atomic mass is 9.93. The molecule has 0 heterocycles. The monoisotopic (exact) mass is 343 g/mol. The highest BCUT2D eigenvalue weighted by Gasteiger charge is 2.34. The highest BCUT2D eigenvalue weighted by molar-refractivity contribution is 7.89. The summed E-state index contributed by atoms with van der Waals surface area (Å²) in [5, 5.41) is 0. The van der Waals surface area contributed by atoms with Crippen molar-refractivity contribution in [2.75, 3.05) is 0 Å². The van der Waals surface area contributed by atoms with Crippen molar-refractivity contribution >= 4 is 10.0 Å². The second kappa shape index (κ2) is 7.08. The molecule has 24 heavy (non-hydrogen) atoms. The van der Waals surface area contributed by atoms with Crippen LogP contribution >= 0.6 is 0 Å². The lowest BCUT2D eigenvalue weighted by molar-refractivity contribution is 0.473. The number of benzene rings is 2. The first kappa shape index (κ1) is 17.2. The Bertz CT molecular complexity index is 797. The largest absolute Gasteiger partial charge is 0.240 e. The minimum absolute atomic E-state index is 0.0553. The Morgan fingerprint density at radius 1 is 1.08 bits per heavy atom. The standard InChI is InChI=1S/C20H25NO2S/c1-3-4-8-19-18-9-6-5-7-16(18)14-20(19)21-24(22,23)17-12-10-15(2)11-13-17/h5-7,9-13,19-21H,3-4,8,14H2,1-2H3/t19-,20+/m0/s1. The Hall–Kier alpha value is -1.65. The van der Waals surface area contributed by atoms with Gasteiger partial charge in [0.1, 0.15) is 0 Å². The molecule has 0 fully saturated rings. The zero-order valence-electron chi connectivity index (χ0n) is 14.3. The molecule has 0 spiro atoms. The first-order chi connectivity index (χ1) is 11.5. The summed E-state index contributed by atoms with van der Waals surface area (Å²) in [7, 11) is -3.49. The van der Waals surface area contributed by atoms with E-state index in [1.165, 1.54) is 11.1 Å². The molecule has 3 nitrogen and oxygen atoms in total. The molecule has 0 aliphatic heterocycles. The van der Waals surface area contributed by atoms with Crippen molar-refractivity contribution in [3.63, 3.8) is 0 Å². The Balaban J connectivity index is 1.84. The molecule has 0 aromatic heterocycles. The van der Waals surface area contributed by atoms with E-state index in [4.69, 9.17) is 0 Å². The molecule has 1 aliphatic rings. The SMILES string of the molecule is CCCC[C@H]1c2ccccc2C[C@H]1NS(=O)(=O)c1ccc(C)cc1. The molecule has 3 rings (SSSR count). The van der Waals surface area contributed by atoms with Crippen molar-refractivity contribution in [2.45, 2.75) is 56.4 Å². The third-order valence-electron chi connectivity index (χ3n) is 4.89. The number of nitrogens with one attached hydrogen (secondary N) is 1. The van der Waals surface area contributed by atoms with Gasteiger partial charge in [0.05, 0.1) is 4.90 Å². The van der Waals surface area contributed by atoms with E-state index in [-0.39, 0.29) is 12.0 Å². The van der Waals surface area contributed by atoms with E-state index < -0.39 is 10.0 Å². The van der Waals surface area contributed by atoms with Gasteiger partial charge in [-0.15, -0.1) is 0 Å². The molecule has 0 bridgehead atoms. The van der Waals surface area contributed by atoms with Crippen molar-refractivity contribution in [1.29, 1.82) is 0 Å². The highest BCUT2D eigenvalue weighted by Crippen LogP contribution is 2.37. The van der Waals surface area contributed by atoms with Crippen molar-refractivity contribution in [1.82, 2.24) is 4.72 Å². The number of hydrogen-bond acceptors (Lipinski definition) is 2. The fourth-order valence-corrected chi connectivity index (χ4v) is 4.84. The van der Waals surface area contributed by atoms with Gasteiger partial charge in [0.15, 0.2) is 0 Å². The molecule has 2 atom stereocenters. The second-order valence-electron chi connectivity index (χ2n) is 6.69.